The Morgan fingerprint density at radius 2 is 2.18 bits per heavy atom. The summed E-state index contributed by atoms with van der Waals surface area (Å²) in [6.45, 7) is 6.39. The highest BCUT2D eigenvalue weighted by atomic mass is 16.3. The average molecular weight is 301 g/mol. The van der Waals surface area contributed by atoms with E-state index in [1.54, 1.807) is 0 Å². The minimum absolute atomic E-state index is 0.212. The molecule has 120 valence electrons. The van der Waals surface area contributed by atoms with Gasteiger partial charge >= 0.3 is 0 Å². The summed E-state index contributed by atoms with van der Waals surface area (Å²) < 4.78 is 2.07. The lowest BCUT2D eigenvalue weighted by atomic mass is 10.0. The van der Waals surface area contributed by atoms with Gasteiger partial charge in [0.15, 0.2) is 0 Å². The molecule has 2 aromatic rings. The van der Waals surface area contributed by atoms with Crippen molar-refractivity contribution in [2.24, 2.45) is 5.92 Å². The highest BCUT2D eigenvalue weighted by Crippen LogP contribution is 2.24. The van der Waals surface area contributed by atoms with Crippen molar-refractivity contribution < 1.29 is 5.11 Å². The second-order valence-corrected chi connectivity index (χ2v) is 6.85. The fraction of sp³-hybridized carbons (Fsp3) is 0.611. The maximum absolute atomic E-state index is 9.11. The van der Waals surface area contributed by atoms with Gasteiger partial charge in [-0.2, -0.15) is 5.10 Å². The van der Waals surface area contributed by atoms with Crippen molar-refractivity contribution in [2.75, 3.05) is 6.61 Å². The Morgan fingerprint density at radius 3 is 2.86 bits per heavy atom. The van der Waals surface area contributed by atoms with E-state index in [1.165, 1.54) is 35.0 Å². The van der Waals surface area contributed by atoms with Gasteiger partial charge in [0.1, 0.15) is 0 Å². The minimum Gasteiger partial charge on any atom is -0.396 e. The fourth-order valence-electron chi connectivity index (χ4n) is 2.88. The molecule has 1 aliphatic carbocycles. The zero-order valence-electron chi connectivity index (χ0n) is 13.7. The quantitative estimate of drug-likeness (QED) is 0.788. The predicted octanol–water partition coefficient (Wildman–Crippen LogP) is 2.87. The Morgan fingerprint density at radius 1 is 1.36 bits per heavy atom. The molecular formula is C18H27N3O. The summed E-state index contributed by atoms with van der Waals surface area (Å²) in [6.07, 6.45) is 4.38. The Kier molecular flexibility index (Phi) is 4.79. The molecule has 1 heterocycles. The van der Waals surface area contributed by atoms with Gasteiger partial charge in [-0.1, -0.05) is 26.0 Å². The number of benzene rings is 1. The topological polar surface area (TPSA) is 50.1 Å². The van der Waals surface area contributed by atoms with Gasteiger partial charge in [-0.3, -0.25) is 4.68 Å². The largest absolute Gasteiger partial charge is 0.396 e. The van der Waals surface area contributed by atoms with Gasteiger partial charge in [-0.05, 0) is 43.2 Å². The molecule has 0 saturated heterocycles. The molecule has 0 bridgehead atoms. The van der Waals surface area contributed by atoms with Gasteiger partial charge in [-0.25, -0.2) is 0 Å². The molecular weight excluding hydrogens is 274 g/mol. The first-order valence-corrected chi connectivity index (χ1v) is 8.50. The van der Waals surface area contributed by atoms with Crippen LogP contribution >= 0.6 is 0 Å². The van der Waals surface area contributed by atoms with E-state index in [9.17, 15) is 0 Å². The number of nitrogens with zero attached hydrogens (tertiary/aromatic N) is 2. The smallest absolute Gasteiger partial charge is 0.0705 e. The summed E-state index contributed by atoms with van der Waals surface area (Å²) >= 11 is 0. The van der Waals surface area contributed by atoms with E-state index in [-0.39, 0.29) is 6.61 Å². The molecule has 1 aromatic heterocycles. The molecule has 0 atom stereocenters. The van der Waals surface area contributed by atoms with E-state index in [0.717, 1.165) is 32.0 Å². The van der Waals surface area contributed by atoms with Crippen LogP contribution < -0.4 is 5.32 Å². The van der Waals surface area contributed by atoms with Crippen LogP contribution in [0.15, 0.2) is 18.2 Å². The standard InChI is InChI=1S/C18H27N3O/c1-13(2)10-17-16-7-4-14(12-19-15-5-6-15)11-18(16)21(20-17)8-3-9-22/h4,7,11,13,15,19,22H,3,5-6,8-10,12H2,1-2H3. The molecule has 0 spiro atoms. The van der Waals surface area contributed by atoms with E-state index >= 15 is 0 Å². The molecule has 4 heteroatoms. The van der Waals surface area contributed by atoms with Crippen molar-refractivity contribution in [1.82, 2.24) is 15.1 Å². The SMILES string of the molecule is CC(C)Cc1nn(CCCO)c2cc(CNC3CC3)ccc12. The third kappa shape index (κ3) is 3.68. The van der Waals surface area contributed by atoms with E-state index in [1.807, 2.05) is 0 Å². The third-order valence-corrected chi connectivity index (χ3v) is 4.19. The second kappa shape index (κ2) is 6.80. The van der Waals surface area contributed by atoms with E-state index in [2.05, 4.69) is 42.0 Å². The molecule has 0 unspecified atom stereocenters. The average Bonchev–Trinajstić information content (AvgIpc) is 3.26. The van der Waals surface area contributed by atoms with Gasteiger partial charge in [0.25, 0.3) is 0 Å². The van der Waals surface area contributed by atoms with Gasteiger partial charge in [0.05, 0.1) is 11.2 Å². The van der Waals surface area contributed by atoms with E-state index in [4.69, 9.17) is 10.2 Å². The van der Waals surface area contributed by atoms with Crippen LogP contribution in [0.4, 0.5) is 0 Å². The molecule has 1 aliphatic rings. The van der Waals surface area contributed by atoms with Crippen molar-refractivity contribution in [1.29, 1.82) is 0 Å². The van der Waals surface area contributed by atoms with Crippen LogP contribution in [0, 0.1) is 5.92 Å². The maximum Gasteiger partial charge on any atom is 0.0705 e. The molecule has 0 amide bonds. The molecule has 1 saturated carbocycles. The van der Waals surface area contributed by atoms with Crippen molar-refractivity contribution in [3.05, 3.63) is 29.5 Å². The fourth-order valence-corrected chi connectivity index (χ4v) is 2.88. The van der Waals surface area contributed by atoms with Crippen LogP contribution in [-0.4, -0.2) is 27.5 Å². The summed E-state index contributed by atoms with van der Waals surface area (Å²) in [6, 6.07) is 7.43. The van der Waals surface area contributed by atoms with Crippen LogP contribution in [-0.2, 0) is 19.5 Å². The highest BCUT2D eigenvalue weighted by molar-refractivity contribution is 5.82. The first kappa shape index (κ1) is 15.5. The number of rotatable bonds is 8. The third-order valence-electron chi connectivity index (χ3n) is 4.19. The van der Waals surface area contributed by atoms with Crippen LogP contribution in [0.25, 0.3) is 10.9 Å². The lowest BCUT2D eigenvalue weighted by molar-refractivity contribution is 0.277. The number of aromatic nitrogens is 2. The lowest BCUT2D eigenvalue weighted by Gasteiger charge is -2.06. The van der Waals surface area contributed by atoms with Crippen LogP contribution in [0.1, 0.15) is 44.4 Å². The number of fused-ring (bicyclic) bond motifs is 1. The molecule has 1 aromatic carbocycles. The molecule has 1 fully saturated rings. The van der Waals surface area contributed by atoms with Crippen LogP contribution in [0.2, 0.25) is 0 Å². The highest BCUT2D eigenvalue weighted by Gasteiger charge is 2.20. The predicted molar refractivity (Wildman–Crippen MR) is 89.8 cm³/mol. The number of hydrogen-bond donors (Lipinski definition) is 2. The number of aliphatic hydroxyl groups excluding tert-OH is 1. The monoisotopic (exact) mass is 301 g/mol. The van der Waals surface area contributed by atoms with Crippen LogP contribution in [0.5, 0.6) is 0 Å². The normalized spacial score (nSPS) is 15.1. The van der Waals surface area contributed by atoms with Gasteiger partial charge < -0.3 is 10.4 Å². The zero-order valence-corrected chi connectivity index (χ0v) is 13.7. The molecule has 0 radical (unpaired) electrons. The lowest BCUT2D eigenvalue weighted by Crippen LogP contribution is -2.15. The summed E-state index contributed by atoms with van der Waals surface area (Å²) in [5.74, 6) is 0.598. The van der Waals surface area contributed by atoms with Gasteiger partial charge in [0, 0.05) is 31.1 Å². The maximum atomic E-state index is 9.11. The molecule has 2 N–H and O–H groups in total. The summed E-state index contributed by atoms with van der Waals surface area (Å²) in [7, 11) is 0. The van der Waals surface area contributed by atoms with Crippen molar-refractivity contribution in [2.45, 2.75) is 58.7 Å². The Bertz CT molecular complexity index is 629. The van der Waals surface area contributed by atoms with Crippen molar-refractivity contribution in [3.8, 4) is 0 Å². The Hall–Kier alpha value is -1.39. The van der Waals surface area contributed by atoms with Gasteiger partial charge in [0.2, 0.25) is 0 Å². The minimum atomic E-state index is 0.212. The number of nitrogens with one attached hydrogen (secondary N) is 1. The summed E-state index contributed by atoms with van der Waals surface area (Å²) in [4.78, 5) is 0. The summed E-state index contributed by atoms with van der Waals surface area (Å²) in [5.41, 5.74) is 3.71. The number of aryl methyl sites for hydroxylation is 1. The Balaban J connectivity index is 1.88. The summed E-state index contributed by atoms with van der Waals surface area (Å²) in [5, 5.41) is 18.7. The van der Waals surface area contributed by atoms with Crippen molar-refractivity contribution >= 4 is 10.9 Å². The molecule has 4 nitrogen and oxygen atoms in total. The second-order valence-electron chi connectivity index (χ2n) is 6.85. The molecule has 3 rings (SSSR count). The Labute approximate surface area is 132 Å². The van der Waals surface area contributed by atoms with Crippen LogP contribution in [0.3, 0.4) is 0 Å². The van der Waals surface area contributed by atoms with E-state index in [0.29, 0.717) is 5.92 Å². The molecule has 22 heavy (non-hydrogen) atoms. The van der Waals surface area contributed by atoms with Gasteiger partial charge in [-0.15, -0.1) is 0 Å². The number of hydrogen-bond acceptors (Lipinski definition) is 3. The molecule has 0 aliphatic heterocycles. The first-order chi connectivity index (χ1) is 10.7. The van der Waals surface area contributed by atoms with Crippen molar-refractivity contribution in [3.63, 3.8) is 0 Å². The zero-order chi connectivity index (χ0) is 15.5. The number of aliphatic hydroxyl groups is 1. The van der Waals surface area contributed by atoms with E-state index < -0.39 is 0 Å². The first-order valence-electron chi connectivity index (χ1n) is 8.50.